The second kappa shape index (κ2) is 35.3. The Bertz CT molecular complexity index is 3300. The standard InChI is InChI=1S/C59H78N10O22S2.Na/c1-27-19-37(57-67-66-56(92-57)31-10-13-35(14-11-31)88-17-9-7-6-8-16-87-5)28(2)18-36(27)51(79)62-38-21-33(71)24-61-55(83)47-48(76)29(3)25-69(47)59(85)45(41(74)23-43(60)75)64-54(82)46(50(78)49(77)32-12-15-40(73)42(20-32)89-93-91-90-86)65-53(81)39-22-34(72)26-68(39)58(84)44(30(4)70)63-52(38)80;/h10-15,18-20,29-30,33-34,38-39,41,44-50,70-74,76-78,86H,6-9,16-17,21-26H2,1-5H3,(H2,60,75)(H,61,83)(H,62,79)(H,63,80)(H,64,82)(H,65,81);/q;+1/p-1. The Labute approximate surface area is 569 Å². The summed E-state index contributed by atoms with van der Waals surface area (Å²) >= 11 is 1.21. The van der Waals surface area contributed by atoms with Crippen LogP contribution in [0.4, 0.5) is 0 Å². The molecule has 32 nitrogen and oxygen atoms in total. The third kappa shape index (κ3) is 19.5. The van der Waals surface area contributed by atoms with Gasteiger partial charge < -0.3 is 102 Å². The van der Waals surface area contributed by atoms with E-state index in [0.717, 1.165) is 72.8 Å². The van der Waals surface area contributed by atoms with E-state index >= 15 is 0 Å². The Morgan fingerprint density at radius 3 is 2.13 bits per heavy atom. The summed E-state index contributed by atoms with van der Waals surface area (Å²) < 4.78 is 20.1. The van der Waals surface area contributed by atoms with Crippen LogP contribution in [0, 0.1) is 19.8 Å². The van der Waals surface area contributed by atoms with Crippen molar-refractivity contribution in [2.45, 2.75) is 152 Å². The van der Waals surface area contributed by atoms with Gasteiger partial charge in [0.15, 0.2) is 11.5 Å². The van der Waals surface area contributed by atoms with Gasteiger partial charge in [0.05, 0.1) is 43.5 Å². The first-order valence-electron chi connectivity index (χ1n) is 29.7. The van der Waals surface area contributed by atoms with E-state index in [4.69, 9.17) is 19.4 Å². The van der Waals surface area contributed by atoms with E-state index in [0.29, 0.717) is 39.1 Å². The number of fused-ring (bicyclic) bond motifs is 2. The third-order valence-corrected chi connectivity index (χ3v) is 17.4. The normalized spacial score (nSPS) is 24.6. The molecular formula is C59H77N10NaO22S2. The Hall–Kier alpha value is -6.71. The number of carbonyl (C=O) groups is 8. The minimum Gasteiger partial charge on any atom is -0.691 e. The van der Waals surface area contributed by atoms with Crippen LogP contribution in [-0.4, -0.2) is 221 Å². The summed E-state index contributed by atoms with van der Waals surface area (Å²) in [6, 6.07) is 1.19. The largest absolute Gasteiger partial charge is 1.00 e. The summed E-state index contributed by atoms with van der Waals surface area (Å²) in [4.78, 5) is 116. The Morgan fingerprint density at radius 1 is 0.798 bits per heavy atom. The first-order chi connectivity index (χ1) is 44.2. The molecule has 0 spiro atoms. The maximum Gasteiger partial charge on any atom is 1.00 e. The van der Waals surface area contributed by atoms with Gasteiger partial charge in [-0.05, 0) is 105 Å². The van der Waals surface area contributed by atoms with Gasteiger partial charge in [0.1, 0.15) is 64.2 Å². The number of aliphatic hydroxyl groups excluding tert-OH is 7. The fourth-order valence-electron chi connectivity index (χ4n) is 11.0. The van der Waals surface area contributed by atoms with E-state index in [9.17, 15) is 84.5 Å². The van der Waals surface area contributed by atoms with Gasteiger partial charge in [0.2, 0.25) is 41.4 Å². The molecule has 8 amide bonds. The molecule has 4 aromatic rings. The van der Waals surface area contributed by atoms with E-state index in [1.54, 1.807) is 27.0 Å². The van der Waals surface area contributed by atoms with Crippen molar-refractivity contribution in [1.29, 1.82) is 0 Å². The molecular weight excluding hydrogens is 1290 g/mol. The molecule has 94 heavy (non-hydrogen) atoms. The molecule has 14 unspecified atom stereocenters. The monoisotopic (exact) mass is 1360 g/mol. The number of aliphatic hydroxyl groups is 7. The molecule has 3 aliphatic heterocycles. The number of phenolic OH excluding ortho intramolecular Hbond substituents is 1. The molecule has 4 heterocycles. The zero-order valence-corrected chi connectivity index (χ0v) is 55.9. The van der Waals surface area contributed by atoms with Crippen molar-refractivity contribution in [2.24, 2.45) is 11.7 Å². The fraction of sp³-hybridized carbons (Fsp3) is 0.525. The van der Waals surface area contributed by atoms with Crippen molar-refractivity contribution < 1.29 is 137 Å². The van der Waals surface area contributed by atoms with Crippen molar-refractivity contribution in [2.75, 3.05) is 40.0 Å². The summed E-state index contributed by atoms with van der Waals surface area (Å²) in [6.45, 7) is 5.29. The summed E-state index contributed by atoms with van der Waals surface area (Å²) in [5.41, 5.74) is 7.43. The van der Waals surface area contributed by atoms with E-state index in [1.165, 1.54) is 24.3 Å². The number of benzene rings is 3. The zero-order chi connectivity index (χ0) is 68.0. The molecule has 3 aliphatic rings. The minimum atomic E-state index is -2.54. The van der Waals surface area contributed by atoms with Gasteiger partial charge in [-0.3, -0.25) is 43.4 Å². The predicted molar refractivity (Wildman–Crippen MR) is 325 cm³/mol. The number of amides is 8. The van der Waals surface area contributed by atoms with Gasteiger partial charge in [-0.1, -0.05) is 30.7 Å². The van der Waals surface area contributed by atoms with E-state index in [2.05, 4.69) is 46.2 Å². The fourth-order valence-corrected chi connectivity index (χ4v) is 12.2. The number of aryl methyl sites for hydroxylation is 2. The maximum atomic E-state index is 14.7. The number of aromatic nitrogens is 2. The van der Waals surface area contributed by atoms with Gasteiger partial charge in [-0.25, -0.2) is 0 Å². The van der Waals surface area contributed by atoms with Crippen molar-refractivity contribution >= 4 is 70.9 Å². The van der Waals surface area contributed by atoms with E-state index in [1.807, 2.05) is 24.3 Å². The summed E-state index contributed by atoms with van der Waals surface area (Å²) in [7, 11) is 1.68. The van der Waals surface area contributed by atoms with Crippen LogP contribution in [-0.2, 0) is 47.7 Å². The van der Waals surface area contributed by atoms with E-state index < -0.39 is 183 Å². The molecule has 7 rings (SSSR count). The van der Waals surface area contributed by atoms with Crippen molar-refractivity contribution in [3.8, 4) is 38.4 Å². The van der Waals surface area contributed by atoms with Crippen LogP contribution < -0.4 is 76.1 Å². The second-order valence-corrected chi connectivity index (χ2v) is 24.4. The number of carbonyl (C=O) groups excluding carboxylic acids is 8. The molecule has 508 valence electrons. The molecule has 15 N–H and O–H groups in total. The summed E-state index contributed by atoms with van der Waals surface area (Å²) in [5.74, 6) is -11.3. The Morgan fingerprint density at radius 2 is 1.46 bits per heavy atom. The smallest absolute Gasteiger partial charge is 0.691 e. The molecule has 14 atom stereocenters. The maximum absolute atomic E-state index is 14.7. The van der Waals surface area contributed by atoms with Crippen LogP contribution in [0.2, 0.25) is 0 Å². The van der Waals surface area contributed by atoms with E-state index in [-0.39, 0.29) is 53.0 Å². The predicted octanol–water partition coefficient (Wildman–Crippen LogP) is -5.74. The summed E-state index contributed by atoms with van der Waals surface area (Å²) in [6.07, 6.45) is -12.3. The number of phenols is 1. The number of methoxy groups -OCH3 is 1. The second-order valence-electron chi connectivity index (χ2n) is 23.0. The number of aromatic hydroxyl groups is 1. The number of nitrogens with zero attached hydrogens (tertiary/aromatic N) is 4. The third-order valence-electron chi connectivity index (χ3n) is 16.0. The van der Waals surface area contributed by atoms with Crippen LogP contribution in [0.25, 0.3) is 21.1 Å². The van der Waals surface area contributed by atoms with Crippen molar-refractivity contribution in [3.05, 3.63) is 76.9 Å². The van der Waals surface area contributed by atoms with Gasteiger partial charge in [-0.2, -0.15) is 0 Å². The number of nitrogens with one attached hydrogen (secondary N) is 5. The van der Waals surface area contributed by atoms with Crippen LogP contribution in [0.15, 0.2) is 54.6 Å². The van der Waals surface area contributed by atoms with Gasteiger partial charge in [-0.15, -0.1) is 14.5 Å². The topological polar surface area (TPSA) is 486 Å². The van der Waals surface area contributed by atoms with Gasteiger partial charge in [0.25, 0.3) is 18.2 Å². The number of primary amides is 1. The van der Waals surface area contributed by atoms with Crippen molar-refractivity contribution in [3.63, 3.8) is 0 Å². The molecule has 3 fully saturated rings. The first-order valence-corrected chi connectivity index (χ1v) is 31.2. The number of rotatable bonds is 23. The minimum absolute atomic E-state index is 0. The van der Waals surface area contributed by atoms with Crippen molar-refractivity contribution in [1.82, 2.24) is 46.6 Å². The van der Waals surface area contributed by atoms with Gasteiger partial charge >= 0.3 is 29.6 Å². The number of nitrogens with two attached hydrogens (primary N) is 1. The average Bonchev–Trinajstić information content (AvgIpc) is 1.57. The molecule has 3 saturated heterocycles. The molecule has 0 bridgehead atoms. The van der Waals surface area contributed by atoms with Crippen LogP contribution in [0.3, 0.4) is 0 Å². The average molecular weight is 1370 g/mol. The molecule has 0 saturated carbocycles. The Kier molecular flexibility index (Phi) is 28.7. The molecule has 35 heteroatoms. The number of ether oxygens (including phenoxy) is 2. The number of hydrogen-bond acceptors (Lipinski definition) is 26. The molecule has 1 aromatic heterocycles. The zero-order valence-electron chi connectivity index (χ0n) is 52.2. The van der Waals surface area contributed by atoms with Crippen LogP contribution in [0.1, 0.15) is 91.9 Å². The number of β-amino-alcohol motifs (C(OH)–C–C–N with tert-alkyl or cyclic N) is 1. The SMILES string of the molecule is COCCCCCCOc1ccc(-c2nnc(-c3cc(C)c(C(=O)NC4CC(O)CNC(=O)C5C(O)C(C)CN5C(=O)C(C(O)CC(N)=O)NC(=O)C(C(O)C(O)c5ccc(O)c(OSOO[O-])c5)NC(=O)C5CC(O)CN5C(=O)C(C(C)O)NC4=O)cc3C)s2)cc1.[Na+]. The number of hydrogen-bond donors (Lipinski definition) is 14. The van der Waals surface area contributed by atoms with Crippen LogP contribution in [0.5, 0.6) is 17.2 Å². The Balaban J connectivity index is 0.0000140. The summed E-state index contributed by atoms with van der Waals surface area (Å²) in [5, 5.41) is 126. The molecule has 0 radical (unpaired) electrons. The first kappa shape index (κ1) is 76.3. The van der Waals surface area contributed by atoms with Gasteiger partial charge in [0, 0.05) is 68.8 Å². The van der Waals surface area contributed by atoms with Crippen LogP contribution >= 0.6 is 23.7 Å². The quantitative estimate of drug-likeness (QED) is 0.0108. The molecule has 3 aromatic carbocycles. The number of unbranched alkanes of at least 4 members (excludes halogenated alkanes) is 3. The molecule has 0 aliphatic carbocycles.